The quantitative estimate of drug-likeness (QED) is 0.588. The molecule has 0 aliphatic rings. The van der Waals surface area contributed by atoms with Crippen LogP contribution in [0, 0.1) is 12.7 Å². The van der Waals surface area contributed by atoms with E-state index in [1.807, 2.05) is 19.1 Å². The monoisotopic (exact) mass is 306 g/mol. The summed E-state index contributed by atoms with van der Waals surface area (Å²) in [5, 5.41) is 1.56. The second-order valence-corrected chi connectivity index (χ2v) is 5.25. The lowest BCUT2D eigenvalue weighted by molar-refractivity contribution is 0.628. The number of aromatic nitrogens is 2. The summed E-state index contributed by atoms with van der Waals surface area (Å²) in [6, 6.07) is 9.63. The topological polar surface area (TPSA) is 25.8 Å². The van der Waals surface area contributed by atoms with Gasteiger partial charge in [0.15, 0.2) is 5.82 Å². The van der Waals surface area contributed by atoms with E-state index >= 15 is 0 Å². The average Bonchev–Trinajstić information content (AvgIpc) is 2.40. The highest BCUT2D eigenvalue weighted by molar-refractivity contribution is 6.38. The molecule has 1 heterocycles. The van der Waals surface area contributed by atoms with Gasteiger partial charge in [0.1, 0.15) is 11.0 Å². The summed E-state index contributed by atoms with van der Waals surface area (Å²) in [6.45, 7) is 1.93. The Morgan fingerprint density at radius 1 is 1.00 bits per heavy atom. The Bertz CT molecular complexity index is 801. The van der Waals surface area contributed by atoms with Gasteiger partial charge in [-0.25, -0.2) is 14.4 Å². The van der Waals surface area contributed by atoms with Gasteiger partial charge in [0.05, 0.1) is 10.5 Å². The van der Waals surface area contributed by atoms with Gasteiger partial charge in [-0.05, 0) is 48.9 Å². The van der Waals surface area contributed by atoms with E-state index in [0.29, 0.717) is 32.5 Å². The molecule has 0 N–H and O–H groups in total. The second kappa shape index (κ2) is 5.00. The Kier molecular flexibility index (Phi) is 3.32. The summed E-state index contributed by atoms with van der Waals surface area (Å²) in [4.78, 5) is 8.68. The number of benzene rings is 2. The van der Waals surface area contributed by atoms with Crippen molar-refractivity contribution in [2.24, 2.45) is 0 Å². The van der Waals surface area contributed by atoms with Gasteiger partial charge < -0.3 is 0 Å². The molecule has 2 nitrogen and oxygen atoms in total. The predicted molar refractivity (Wildman–Crippen MR) is 79.7 cm³/mol. The zero-order valence-electron chi connectivity index (χ0n) is 10.5. The molecule has 0 bridgehead atoms. The van der Waals surface area contributed by atoms with Crippen LogP contribution in [0.25, 0.3) is 22.3 Å². The third-order valence-electron chi connectivity index (χ3n) is 2.95. The van der Waals surface area contributed by atoms with E-state index in [2.05, 4.69) is 9.97 Å². The molecular weight excluding hydrogens is 298 g/mol. The first-order chi connectivity index (χ1) is 9.54. The lowest BCUT2D eigenvalue weighted by Crippen LogP contribution is -1.93. The van der Waals surface area contributed by atoms with Crippen molar-refractivity contribution in [3.8, 4) is 11.4 Å². The number of nitrogens with zero attached hydrogens (tertiary/aromatic N) is 2. The van der Waals surface area contributed by atoms with Gasteiger partial charge >= 0.3 is 0 Å². The summed E-state index contributed by atoms with van der Waals surface area (Å²) < 4.78 is 13.0. The number of aryl methyl sites for hydroxylation is 1. The maximum Gasteiger partial charge on any atom is 0.161 e. The van der Waals surface area contributed by atoms with Crippen LogP contribution < -0.4 is 0 Å². The van der Waals surface area contributed by atoms with Crippen molar-refractivity contribution < 1.29 is 4.39 Å². The zero-order chi connectivity index (χ0) is 14.3. The van der Waals surface area contributed by atoms with E-state index in [-0.39, 0.29) is 5.82 Å². The lowest BCUT2D eigenvalue weighted by Gasteiger charge is -2.07. The predicted octanol–water partition coefficient (Wildman–Crippen LogP) is 5.05. The first kappa shape index (κ1) is 13.3. The molecule has 3 rings (SSSR count). The van der Waals surface area contributed by atoms with Crippen LogP contribution in [0.1, 0.15) is 5.56 Å². The Balaban J connectivity index is 2.26. The van der Waals surface area contributed by atoms with E-state index in [9.17, 15) is 4.39 Å². The third kappa shape index (κ3) is 2.35. The van der Waals surface area contributed by atoms with E-state index < -0.39 is 0 Å². The molecule has 0 saturated heterocycles. The van der Waals surface area contributed by atoms with Gasteiger partial charge in [0.2, 0.25) is 0 Å². The van der Waals surface area contributed by atoms with Gasteiger partial charge in [-0.1, -0.05) is 23.2 Å². The van der Waals surface area contributed by atoms with Gasteiger partial charge in [-0.2, -0.15) is 0 Å². The maximum atomic E-state index is 13.0. The van der Waals surface area contributed by atoms with Crippen molar-refractivity contribution in [1.82, 2.24) is 9.97 Å². The molecule has 100 valence electrons. The minimum absolute atomic E-state index is 0.311. The Morgan fingerprint density at radius 3 is 2.40 bits per heavy atom. The van der Waals surface area contributed by atoms with Crippen molar-refractivity contribution in [3.05, 3.63) is 58.0 Å². The van der Waals surface area contributed by atoms with Gasteiger partial charge in [0, 0.05) is 10.9 Å². The van der Waals surface area contributed by atoms with Crippen LogP contribution in [-0.4, -0.2) is 9.97 Å². The molecule has 0 spiro atoms. The normalized spacial score (nSPS) is 11.0. The molecule has 2 aromatic carbocycles. The summed E-state index contributed by atoms with van der Waals surface area (Å²) in [7, 11) is 0. The van der Waals surface area contributed by atoms with Crippen LogP contribution in [0.3, 0.4) is 0 Å². The molecule has 0 aliphatic heterocycles. The first-order valence-electron chi connectivity index (χ1n) is 5.94. The third-order valence-corrected chi connectivity index (χ3v) is 3.53. The van der Waals surface area contributed by atoms with Crippen molar-refractivity contribution in [1.29, 1.82) is 0 Å². The minimum Gasteiger partial charge on any atom is -0.226 e. The summed E-state index contributed by atoms with van der Waals surface area (Å²) in [5.41, 5.74) is 2.27. The summed E-state index contributed by atoms with van der Waals surface area (Å²) >= 11 is 12.4. The van der Waals surface area contributed by atoms with E-state index in [4.69, 9.17) is 23.2 Å². The Morgan fingerprint density at radius 2 is 1.70 bits per heavy atom. The maximum absolute atomic E-state index is 13.0. The molecule has 0 radical (unpaired) electrons. The fourth-order valence-corrected chi connectivity index (χ4v) is 2.56. The number of hydrogen-bond acceptors (Lipinski definition) is 2. The van der Waals surface area contributed by atoms with Gasteiger partial charge in [-0.15, -0.1) is 0 Å². The Labute approximate surface area is 125 Å². The zero-order valence-corrected chi connectivity index (χ0v) is 12.0. The first-order valence-corrected chi connectivity index (χ1v) is 6.69. The molecule has 0 atom stereocenters. The van der Waals surface area contributed by atoms with Crippen molar-refractivity contribution in [2.45, 2.75) is 6.92 Å². The molecule has 5 heteroatoms. The molecule has 0 amide bonds. The largest absolute Gasteiger partial charge is 0.226 e. The highest BCUT2D eigenvalue weighted by Crippen LogP contribution is 2.30. The van der Waals surface area contributed by atoms with E-state index in [0.717, 1.165) is 5.56 Å². The summed E-state index contributed by atoms with van der Waals surface area (Å²) in [5.74, 6) is 0.113. The van der Waals surface area contributed by atoms with Crippen LogP contribution in [0.15, 0.2) is 36.4 Å². The highest BCUT2D eigenvalue weighted by atomic mass is 35.5. The van der Waals surface area contributed by atoms with Crippen LogP contribution >= 0.6 is 23.2 Å². The fourth-order valence-electron chi connectivity index (χ4n) is 2.02. The molecular formula is C15H9Cl2FN2. The molecule has 0 saturated carbocycles. The summed E-state index contributed by atoms with van der Waals surface area (Å²) in [6.07, 6.45) is 0. The van der Waals surface area contributed by atoms with Gasteiger partial charge in [0.25, 0.3) is 0 Å². The average molecular weight is 307 g/mol. The molecule has 3 aromatic rings. The SMILES string of the molecule is Cc1cc(Cl)c2nc(-c3ccc(F)cc3)nc(Cl)c2c1. The molecule has 20 heavy (non-hydrogen) atoms. The van der Waals surface area contributed by atoms with Crippen molar-refractivity contribution in [3.63, 3.8) is 0 Å². The minimum atomic E-state index is -0.311. The van der Waals surface area contributed by atoms with E-state index in [1.165, 1.54) is 12.1 Å². The number of hydrogen-bond donors (Lipinski definition) is 0. The van der Waals surface area contributed by atoms with Crippen molar-refractivity contribution >= 4 is 34.1 Å². The Hall–Kier alpha value is -1.71. The fraction of sp³-hybridized carbons (Fsp3) is 0.0667. The van der Waals surface area contributed by atoms with Gasteiger partial charge in [-0.3, -0.25) is 0 Å². The van der Waals surface area contributed by atoms with Crippen LogP contribution in [0.2, 0.25) is 10.2 Å². The van der Waals surface area contributed by atoms with Crippen LogP contribution in [0.4, 0.5) is 4.39 Å². The molecule has 1 aromatic heterocycles. The second-order valence-electron chi connectivity index (χ2n) is 4.49. The number of rotatable bonds is 1. The van der Waals surface area contributed by atoms with Crippen molar-refractivity contribution in [2.75, 3.05) is 0 Å². The van der Waals surface area contributed by atoms with Crippen LogP contribution in [-0.2, 0) is 0 Å². The smallest absolute Gasteiger partial charge is 0.161 e. The molecule has 0 aliphatic carbocycles. The lowest BCUT2D eigenvalue weighted by atomic mass is 10.1. The number of fused-ring (bicyclic) bond motifs is 1. The molecule has 0 unspecified atom stereocenters. The number of halogens is 3. The highest BCUT2D eigenvalue weighted by Gasteiger charge is 2.11. The standard InChI is InChI=1S/C15H9Cl2FN2/c1-8-6-11-13(12(16)7-8)19-15(20-14(11)17)9-2-4-10(18)5-3-9/h2-7H,1H3. The molecule has 0 fully saturated rings. The van der Waals surface area contributed by atoms with Crippen LogP contribution in [0.5, 0.6) is 0 Å². The van der Waals surface area contributed by atoms with E-state index in [1.54, 1.807) is 12.1 Å².